The summed E-state index contributed by atoms with van der Waals surface area (Å²) in [5.74, 6) is -1.19. The van der Waals surface area contributed by atoms with E-state index in [0.717, 1.165) is 19.6 Å². The van der Waals surface area contributed by atoms with Crippen molar-refractivity contribution in [2.45, 2.75) is 19.8 Å². The lowest BCUT2D eigenvalue weighted by Crippen LogP contribution is -2.43. The molecule has 0 aromatic heterocycles. The maximum atomic E-state index is 12.3. The van der Waals surface area contributed by atoms with Crippen LogP contribution in [0.25, 0.3) is 0 Å². The van der Waals surface area contributed by atoms with Gasteiger partial charge in [0, 0.05) is 33.2 Å². The van der Waals surface area contributed by atoms with Gasteiger partial charge < -0.3 is 19.8 Å². The van der Waals surface area contributed by atoms with Gasteiger partial charge in [0.1, 0.15) is 0 Å². The van der Waals surface area contributed by atoms with Gasteiger partial charge in [0.2, 0.25) is 0 Å². The van der Waals surface area contributed by atoms with Gasteiger partial charge in [-0.05, 0) is 31.8 Å². The lowest BCUT2D eigenvalue weighted by molar-refractivity contribution is -0.142. The summed E-state index contributed by atoms with van der Waals surface area (Å²) in [5.41, 5.74) is 0. The van der Waals surface area contributed by atoms with E-state index < -0.39 is 11.9 Å². The third-order valence-electron chi connectivity index (χ3n) is 4.48. The fourth-order valence-electron chi connectivity index (χ4n) is 3.08. The Morgan fingerprint density at radius 1 is 1.25 bits per heavy atom. The molecule has 6 nitrogen and oxygen atoms in total. The maximum Gasteiger partial charge on any atom is 0.319 e. The predicted molar refractivity (Wildman–Crippen MR) is 75.6 cm³/mol. The molecule has 2 saturated heterocycles. The standard InChI is InChI=1S/C14H25N3O3/c1-11-9-17(10-12(11)13(18)19)14(20)15(2)7-8-16-5-3-4-6-16/h11-12H,3-10H2,1-2H3,(H,18,19). The SMILES string of the molecule is CC1CN(C(=O)N(C)CCN2CCCC2)CC1C(=O)O. The molecule has 114 valence electrons. The Morgan fingerprint density at radius 2 is 1.90 bits per heavy atom. The van der Waals surface area contributed by atoms with Crippen LogP contribution in [0, 0.1) is 11.8 Å². The van der Waals surface area contributed by atoms with Crippen LogP contribution in [0.1, 0.15) is 19.8 Å². The van der Waals surface area contributed by atoms with E-state index in [1.165, 1.54) is 12.8 Å². The largest absolute Gasteiger partial charge is 0.481 e. The number of aliphatic carboxylic acids is 1. The van der Waals surface area contributed by atoms with Gasteiger partial charge >= 0.3 is 12.0 Å². The van der Waals surface area contributed by atoms with Gasteiger partial charge in [-0.3, -0.25) is 4.79 Å². The van der Waals surface area contributed by atoms with Crippen LogP contribution >= 0.6 is 0 Å². The predicted octanol–water partition coefficient (Wildman–Crippen LogP) is 0.786. The molecule has 0 saturated carbocycles. The first-order chi connectivity index (χ1) is 9.49. The normalized spacial score (nSPS) is 27.0. The molecule has 20 heavy (non-hydrogen) atoms. The quantitative estimate of drug-likeness (QED) is 0.828. The fraction of sp³-hybridized carbons (Fsp3) is 0.857. The molecule has 2 unspecified atom stereocenters. The second kappa shape index (κ2) is 6.43. The molecule has 0 aromatic carbocycles. The third kappa shape index (κ3) is 3.42. The average molecular weight is 283 g/mol. The molecule has 2 aliphatic rings. The van der Waals surface area contributed by atoms with E-state index in [9.17, 15) is 9.59 Å². The second-order valence-electron chi connectivity index (χ2n) is 6.08. The summed E-state index contributed by atoms with van der Waals surface area (Å²) in [4.78, 5) is 29.2. The zero-order valence-electron chi connectivity index (χ0n) is 12.4. The van der Waals surface area contributed by atoms with Crippen molar-refractivity contribution < 1.29 is 14.7 Å². The number of carbonyl (C=O) groups is 2. The highest BCUT2D eigenvalue weighted by Crippen LogP contribution is 2.23. The van der Waals surface area contributed by atoms with Gasteiger partial charge in [0.25, 0.3) is 0 Å². The van der Waals surface area contributed by atoms with E-state index in [2.05, 4.69) is 4.90 Å². The number of hydrogen-bond donors (Lipinski definition) is 1. The van der Waals surface area contributed by atoms with E-state index in [1.807, 2.05) is 6.92 Å². The summed E-state index contributed by atoms with van der Waals surface area (Å²) in [6.07, 6.45) is 2.50. The zero-order chi connectivity index (χ0) is 14.7. The first kappa shape index (κ1) is 15.1. The minimum Gasteiger partial charge on any atom is -0.481 e. The van der Waals surface area contributed by atoms with Crippen LogP contribution in [-0.4, -0.2) is 78.1 Å². The molecule has 6 heteroatoms. The van der Waals surface area contributed by atoms with Crippen LogP contribution in [0.4, 0.5) is 4.79 Å². The molecule has 2 aliphatic heterocycles. The van der Waals surface area contributed by atoms with Gasteiger partial charge in [-0.15, -0.1) is 0 Å². The molecule has 2 heterocycles. The minimum atomic E-state index is -0.799. The molecule has 2 atom stereocenters. The van der Waals surface area contributed by atoms with Crippen molar-refractivity contribution in [1.82, 2.24) is 14.7 Å². The molecule has 2 amide bonds. The zero-order valence-corrected chi connectivity index (χ0v) is 12.4. The van der Waals surface area contributed by atoms with Crippen molar-refractivity contribution in [3.05, 3.63) is 0 Å². The Labute approximate surface area is 120 Å². The van der Waals surface area contributed by atoms with Crippen LogP contribution < -0.4 is 0 Å². The fourth-order valence-corrected chi connectivity index (χ4v) is 3.08. The lowest BCUT2D eigenvalue weighted by atomic mass is 9.99. The summed E-state index contributed by atoms with van der Waals surface area (Å²) < 4.78 is 0. The van der Waals surface area contributed by atoms with E-state index >= 15 is 0 Å². The first-order valence-electron chi connectivity index (χ1n) is 7.44. The van der Waals surface area contributed by atoms with E-state index in [4.69, 9.17) is 5.11 Å². The number of rotatable bonds is 4. The molecule has 0 bridgehead atoms. The van der Waals surface area contributed by atoms with Crippen molar-refractivity contribution in [1.29, 1.82) is 0 Å². The van der Waals surface area contributed by atoms with Gasteiger partial charge in [0.05, 0.1) is 5.92 Å². The smallest absolute Gasteiger partial charge is 0.319 e. The van der Waals surface area contributed by atoms with Crippen molar-refractivity contribution >= 4 is 12.0 Å². The number of carbonyl (C=O) groups excluding carboxylic acids is 1. The molecular weight excluding hydrogens is 258 g/mol. The number of likely N-dealkylation sites (tertiary alicyclic amines) is 2. The summed E-state index contributed by atoms with van der Waals surface area (Å²) in [6.45, 7) is 6.66. The van der Waals surface area contributed by atoms with E-state index in [1.54, 1.807) is 16.8 Å². The number of carboxylic acids is 1. The maximum absolute atomic E-state index is 12.3. The molecular formula is C14H25N3O3. The van der Waals surface area contributed by atoms with Crippen LogP contribution in [0.5, 0.6) is 0 Å². The Kier molecular flexibility index (Phi) is 4.86. The number of amides is 2. The van der Waals surface area contributed by atoms with Crippen LogP contribution in [0.15, 0.2) is 0 Å². The van der Waals surface area contributed by atoms with Gasteiger partial charge in [-0.2, -0.15) is 0 Å². The number of nitrogens with zero attached hydrogens (tertiary/aromatic N) is 3. The van der Waals surface area contributed by atoms with Crippen LogP contribution in [0.2, 0.25) is 0 Å². The Balaban J connectivity index is 1.79. The summed E-state index contributed by atoms with van der Waals surface area (Å²) in [7, 11) is 1.80. The van der Waals surface area contributed by atoms with Crippen molar-refractivity contribution in [2.75, 3.05) is 46.3 Å². The number of likely N-dealkylation sites (N-methyl/N-ethyl adjacent to an activating group) is 1. The Hall–Kier alpha value is -1.30. The van der Waals surface area contributed by atoms with Crippen molar-refractivity contribution in [3.63, 3.8) is 0 Å². The highest BCUT2D eigenvalue weighted by molar-refractivity contribution is 5.77. The number of hydrogen-bond acceptors (Lipinski definition) is 3. The van der Waals surface area contributed by atoms with Gasteiger partial charge in [-0.25, -0.2) is 4.79 Å². The highest BCUT2D eigenvalue weighted by atomic mass is 16.4. The Morgan fingerprint density at radius 3 is 2.45 bits per heavy atom. The van der Waals surface area contributed by atoms with E-state index in [0.29, 0.717) is 19.6 Å². The molecule has 0 aliphatic carbocycles. The topological polar surface area (TPSA) is 64.1 Å². The van der Waals surface area contributed by atoms with Crippen molar-refractivity contribution in [2.24, 2.45) is 11.8 Å². The van der Waals surface area contributed by atoms with Crippen LogP contribution in [-0.2, 0) is 4.79 Å². The van der Waals surface area contributed by atoms with E-state index in [-0.39, 0.29) is 11.9 Å². The summed E-state index contributed by atoms with van der Waals surface area (Å²) in [5, 5.41) is 9.11. The third-order valence-corrected chi connectivity index (χ3v) is 4.48. The Bertz CT molecular complexity index is 369. The van der Waals surface area contributed by atoms with Gasteiger partial charge in [0.15, 0.2) is 0 Å². The monoisotopic (exact) mass is 283 g/mol. The molecule has 0 spiro atoms. The number of urea groups is 1. The van der Waals surface area contributed by atoms with Crippen molar-refractivity contribution in [3.8, 4) is 0 Å². The molecule has 0 radical (unpaired) electrons. The molecule has 2 fully saturated rings. The van der Waals surface area contributed by atoms with Crippen LogP contribution in [0.3, 0.4) is 0 Å². The van der Waals surface area contributed by atoms with Gasteiger partial charge in [-0.1, -0.05) is 6.92 Å². The summed E-state index contributed by atoms with van der Waals surface area (Å²) >= 11 is 0. The average Bonchev–Trinajstić information content (AvgIpc) is 3.04. The minimum absolute atomic E-state index is 0.0310. The molecule has 0 aromatic rings. The molecule has 1 N–H and O–H groups in total. The number of carboxylic acid groups (broad SMARTS) is 1. The first-order valence-corrected chi connectivity index (χ1v) is 7.44. The second-order valence-corrected chi connectivity index (χ2v) is 6.08. The molecule has 2 rings (SSSR count). The highest BCUT2D eigenvalue weighted by Gasteiger charge is 2.37. The summed E-state index contributed by atoms with van der Waals surface area (Å²) in [6, 6.07) is -0.0419. The lowest BCUT2D eigenvalue weighted by Gasteiger charge is -2.26.